The molecule has 0 spiro atoms. The molecule has 17 heavy (non-hydrogen) atoms. The Morgan fingerprint density at radius 1 is 1.41 bits per heavy atom. The van der Waals surface area contributed by atoms with Crippen molar-refractivity contribution in [1.82, 2.24) is 10.2 Å². The molecule has 5 nitrogen and oxygen atoms in total. The predicted octanol–water partition coefficient (Wildman–Crippen LogP) is 1.91. The largest absolute Gasteiger partial charge is 0.296 e. The number of hydrogen-bond acceptors (Lipinski definition) is 4. The zero-order valence-electron chi connectivity index (χ0n) is 10.3. The molecule has 2 rings (SSSR count). The molecule has 1 N–H and O–H groups in total. The summed E-state index contributed by atoms with van der Waals surface area (Å²) < 4.78 is 0. The first-order valence-electron chi connectivity index (χ1n) is 5.62. The van der Waals surface area contributed by atoms with Crippen LogP contribution in [0.5, 0.6) is 0 Å². The van der Waals surface area contributed by atoms with Gasteiger partial charge in [-0.15, -0.1) is 0 Å². The number of non-ortho nitro benzene ring substituents is 1. The second-order valence-corrected chi connectivity index (χ2v) is 5.06. The van der Waals surface area contributed by atoms with Gasteiger partial charge in [0, 0.05) is 24.2 Å². The molecule has 0 amide bonds. The van der Waals surface area contributed by atoms with Gasteiger partial charge in [0.25, 0.3) is 5.69 Å². The van der Waals surface area contributed by atoms with Crippen molar-refractivity contribution in [3.63, 3.8) is 0 Å². The fourth-order valence-corrected chi connectivity index (χ4v) is 2.08. The lowest BCUT2D eigenvalue weighted by molar-refractivity contribution is -0.384. The van der Waals surface area contributed by atoms with Gasteiger partial charge in [-0.3, -0.25) is 20.3 Å². The monoisotopic (exact) mass is 235 g/mol. The standard InChI is InChI=1S/C12H17N3O2/c1-12(2)8-13-11(14(12)3)9-4-6-10(7-5-9)15(16)17/h4-7,11,13H,8H2,1-3H3. The van der Waals surface area contributed by atoms with Gasteiger partial charge in [0.2, 0.25) is 0 Å². The highest BCUT2D eigenvalue weighted by atomic mass is 16.6. The van der Waals surface area contributed by atoms with E-state index in [0.717, 1.165) is 12.1 Å². The third kappa shape index (κ3) is 2.16. The maximum Gasteiger partial charge on any atom is 0.269 e. The summed E-state index contributed by atoms with van der Waals surface area (Å²) in [5, 5.41) is 14.0. The summed E-state index contributed by atoms with van der Waals surface area (Å²) in [6.07, 6.45) is 0.130. The smallest absolute Gasteiger partial charge is 0.269 e. The first-order chi connectivity index (χ1) is 7.92. The number of nitrogens with one attached hydrogen (secondary N) is 1. The minimum absolute atomic E-state index is 0.104. The van der Waals surface area contributed by atoms with E-state index < -0.39 is 0 Å². The van der Waals surface area contributed by atoms with Crippen LogP contribution in [0.25, 0.3) is 0 Å². The predicted molar refractivity (Wildman–Crippen MR) is 65.7 cm³/mol. The summed E-state index contributed by atoms with van der Waals surface area (Å²) in [4.78, 5) is 12.4. The van der Waals surface area contributed by atoms with Crippen molar-refractivity contribution in [2.24, 2.45) is 0 Å². The SMILES string of the molecule is CN1C(c2ccc([N+](=O)[O-])cc2)NCC1(C)C. The van der Waals surface area contributed by atoms with E-state index in [4.69, 9.17) is 0 Å². The van der Waals surface area contributed by atoms with Crippen molar-refractivity contribution < 1.29 is 4.92 Å². The number of likely N-dealkylation sites (N-methyl/N-ethyl adjacent to an activating group) is 1. The number of hydrogen-bond donors (Lipinski definition) is 1. The van der Waals surface area contributed by atoms with Gasteiger partial charge in [-0.2, -0.15) is 0 Å². The van der Waals surface area contributed by atoms with Gasteiger partial charge in [-0.05, 0) is 38.6 Å². The number of nitro groups is 1. The van der Waals surface area contributed by atoms with E-state index in [1.54, 1.807) is 12.1 Å². The van der Waals surface area contributed by atoms with Crippen LogP contribution in [0, 0.1) is 10.1 Å². The normalized spacial score (nSPS) is 23.8. The number of benzene rings is 1. The maximum atomic E-state index is 10.6. The first kappa shape index (κ1) is 12.0. The van der Waals surface area contributed by atoms with Crippen LogP contribution in [-0.4, -0.2) is 29.0 Å². The molecule has 1 atom stereocenters. The molecule has 1 aliphatic rings. The Bertz CT molecular complexity index is 428. The van der Waals surface area contributed by atoms with Crippen molar-refractivity contribution in [2.75, 3.05) is 13.6 Å². The number of rotatable bonds is 2. The van der Waals surface area contributed by atoms with Gasteiger partial charge in [0.05, 0.1) is 11.1 Å². The minimum Gasteiger partial charge on any atom is -0.296 e. The molecule has 0 aromatic heterocycles. The van der Waals surface area contributed by atoms with Crippen LogP contribution in [0.2, 0.25) is 0 Å². The Labute approximate surface area is 101 Å². The molecule has 1 unspecified atom stereocenters. The molecule has 1 aromatic carbocycles. The molecule has 1 fully saturated rings. The van der Waals surface area contributed by atoms with Crippen LogP contribution in [0.3, 0.4) is 0 Å². The molecule has 1 saturated heterocycles. The average Bonchev–Trinajstić information content (AvgIpc) is 2.55. The summed E-state index contributed by atoms with van der Waals surface area (Å²) in [5.74, 6) is 0. The Hall–Kier alpha value is -1.46. The summed E-state index contributed by atoms with van der Waals surface area (Å²) in [7, 11) is 2.06. The third-order valence-electron chi connectivity index (χ3n) is 3.49. The highest BCUT2D eigenvalue weighted by molar-refractivity contribution is 5.34. The molecular weight excluding hydrogens is 218 g/mol. The van der Waals surface area contributed by atoms with E-state index in [9.17, 15) is 10.1 Å². The Morgan fingerprint density at radius 3 is 2.41 bits per heavy atom. The summed E-state index contributed by atoms with van der Waals surface area (Å²) in [6.45, 7) is 5.25. The van der Waals surface area contributed by atoms with Gasteiger partial charge in [0.1, 0.15) is 0 Å². The molecule has 1 aromatic rings. The topological polar surface area (TPSA) is 58.4 Å². The van der Waals surface area contributed by atoms with Crippen LogP contribution < -0.4 is 5.32 Å². The molecule has 1 heterocycles. The van der Waals surface area contributed by atoms with Gasteiger partial charge in [0.15, 0.2) is 0 Å². The lowest BCUT2D eigenvalue weighted by atomic mass is 10.1. The van der Waals surface area contributed by atoms with Gasteiger partial charge >= 0.3 is 0 Å². The van der Waals surface area contributed by atoms with Crippen LogP contribution in [-0.2, 0) is 0 Å². The number of nitro benzene ring substituents is 1. The second-order valence-electron chi connectivity index (χ2n) is 5.06. The molecule has 0 saturated carbocycles. The van der Waals surface area contributed by atoms with Crippen LogP contribution in [0.15, 0.2) is 24.3 Å². The Morgan fingerprint density at radius 2 is 2.00 bits per heavy atom. The van der Waals surface area contributed by atoms with Gasteiger partial charge in [-0.25, -0.2) is 0 Å². The highest BCUT2D eigenvalue weighted by Crippen LogP contribution is 2.30. The van der Waals surface area contributed by atoms with Crippen molar-refractivity contribution in [1.29, 1.82) is 0 Å². The van der Waals surface area contributed by atoms with Crippen molar-refractivity contribution >= 4 is 5.69 Å². The zero-order valence-corrected chi connectivity index (χ0v) is 10.3. The second kappa shape index (κ2) is 4.09. The molecule has 0 radical (unpaired) electrons. The van der Waals surface area contributed by atoms with Crippen molar-refractivity contribution in [3.8, 4) is 0 Å². The van der Waals surface area contributed by atoms with E-state index in [1.165, 1.54) is 0 Å². The van der Waals surface area contributed by atoms with E-state index in [0.29, 0.717) is 0 Å². The molecule has 0 aliphatic carbocycles. The molecular formula is C12H17N3O2. The Kier molecular flexibility index (Phi) is 2.89. The summed E-state index contributed by atoms with van der Waals surface area (Å²) in [6, 6.07) is 6.73. The maximum absolute atomic E-state index is 10.6. The van der Waals surface area contributed by atoms with E-state index >= 15 is 0 Å². The van der Waals surface area contributed by atoms with Crippen LogP contribution in [0.4, 0.5) is 5.69 Å². The molecule has 1 aliphatic heterocycles. The van der Waals surface area contributed by atoms with Crippen LogP contribution in [0.1, 0.15) is 25.6 Å². The Balaban J connectivity index is 2.22. The van der Waals surface area contributed by atoms with E-state index in [1.807, 2.05) is 12.1 Å². The fraction of sp³-hybridized carbons (Fsp3) is 0.500. The molecule has 5 heteroatoms. The number of nitrogens with zero attached hydrogens (tertiary/aromatic N) is 2. The highest BCUT2D eigenvalue weighted by Gasteiger charge is 2.36. The summed E-state index contributed by atoms with van der Waals surface area (Å²) in [5.41, 5.74) is 1.30. The zero-order chi connectivity index (χ0) is 12.6. The molecule has 92 valence electrons. The summed E-state index contributed by atoms with van der Waals surface area (Å²) >= 11 is 0. The minimum atomic E-state index is -0.375. The first-order valence-corrected chi connectivity index (χ1v) is 5.62. The van der Waals surface area contributed by atoms with Crippen molar-refractivity contribution in [3.05, 3.63) is 39.9 Å². The van der Waals surface area contributed by atoms with E-state index in [-0.39, 0.29) is 22.3 Å². The van der Waals surface area contributed by atoms with Crippen molar-refractivity contribution in [2.45, 2.75) is 25.6 Å². The fourth-order valence-electron chi connectivity index (χ4n) is 2.08. The quantitative estimate of drug-likeness (QED) is 0.628. The third-order valence-corrected chi connectivity index (χ3v) is 3.49. The van der Waals surface area contributed by atoms with E-state index in [2.05, 4.69) is 31.1 Å². The van der Waals surface area contributed by atoms with Gasteiger partial charge in [-0.1, -0.05) is 0 Å². The van der Waals surface area contributed by atoms with Crippen LogP contribution >= 0.6 is 0 Å². The lowest BCUT2D eigenvalue weighted by Crippen LogP contribution is -2.38. The van der Waals surface area contributed by atoms with Gasteiger partial charge < -0.3 is 0 Å². The lowest BCUT2D eigenvalue weighted by Gasteiger charge is -2.30. The molecule has 0 bridgehead atoms. The average molecular weight is 235 g/mol.